The van der Waals surface area contributed by atoms with Crippen LogP contribution in [0.3, 0.4) is 0 Å². The molecule has 0 fully saturated rings. The van der Waals surface area contributed by atoms with Crippen molar-refractivity contribution in [3.8, 4) is 17.2 Å². The van der Waals surface area contributed by atoms with E-state index in [1.807, 2.05) is 19.1 Å². The molecule has 3 rings (SSSR count). The lowest BCUT2D eigenvalue weighted by molar-refractivity contribution is -0.154. The highest BCUT2D eigenvalue weighted by molar-refractivity contribution is 5.92. The summed E-state index contributed by atoms with van der Waals surface area (Å²) in [6.45, 7) is 0.410. The fraction of sp³-hybridized carbons (Fsp3) is 0.174. The van der Waals surface area contributed by atoms with Gasteiger partial charge in [-0.25, -0.2) is 13.6 Å². The molecule has 0 aromatic heterocycles. The van der Waals surface area contributed by atoms with Gasteiger partial charge in [-0.05, 0) is 60.8 Å². The maximum atomic E-state index is 14.5. The minimum atomic E-state index is -4.75. The van der Waals surface area contributed by atoms with Crippen LogP contribution in [0.4, 0.5) is 22.0 Å². The van der Waals surface area contributed by atoms with Crippen molar-refractivity contribution in [3.63, 3.8) is 0 Å². The molecule has 3 aromatic carbocycles. The Bertz CT molecular complexity index is 1140. The molecule has 0 aliphatic rings. The van der Waals surface area contributed by atoms with Gasteiger partial charge in [-0.3, -0.25) is 0 Å². The molecule has 168 valence electrons. The van der Waals surface area contributed by atoms with Crippen LogP contribution in [0.2, 0.25) is 0 Å². The van der Waals surface area contributed by atoms with Gasteiger partial charge in [0.1, 0.15) is 18.1 Å². The molecule has 0 heterocycles. The van der Waals surface area contributed by atoms with Gasteiger partial charge in [0, 0.05) is 5.39 Å². The van der Waals surface area contributed by atoms with Gasteiger partial charge in [0.15, 0.2) is 24.0 Å². The van der Waals surface area contributed by atoms with Crippen molar-refractivity contribution in [2.75, 3.05) is 13.2 Å². The molecule has 4 nitrogen and oxygen atoms in total. The van der Waals surface area contributed by atoms with Crippen molar-refractivity contribution in [1.82, 2.24) is 0 Å². The molecule has 3 aromatic rings. The van der Waals surface area contributed by atoms with Crippen molar-refractivity contribution < 1.29 is 41.0 Å². The minimum absolute atomic E-state index is 0.00123. The highest BCUT2D eigenvalue weighted by Crippen LogP contribution is 2.33. The van der Waals surface area contributed by atoms with E-state index in [4.69, 9.17) is 9.47 Å². The van der Waals surface area contributed by atoms with Crippen molar-refractivity contribution in [2.24, 2.45) is 0 Å². The van der Waals surface area contributed by atoms with Gasteiger partial charge in [-0.1, -0.05) is 12.2 Å². The second-order valence-corrected chi connectivity index (χ2v) is 6.58. The highest BCUT2D eigenvalue weighted by atomic mass is 19.4. The maximum absolute atomic E-state index is 14.5. The molecule has 0 radical (unpaired) electrons. The number of hydrogen-bond acceptors (Lipinski definition) is 4. The third-order valence-electron chi connectivity index (χ3n) is 4.22. The Kier molecular flexibility index (Phi) is 6.97. The SMILES string of the molecule is CC=CCOc1ccc(C(=O)Oc2ccc3c(F)c(OCC(F)(F)F)c(F)cc3c2)cc1. The Morgan fingerprint density at radius 3 is 2.31 bits per heavy atom. The van der Waals surface area contributed by atoms with Crippen LogP contribution in [0.5, 0.6) is 17.2 Å². The Balaban J connectivity index is 1.76. The first-order valence-corrected chi connectivity index (χ1v) is 9.35. The molecular formula is C23H17F5O4. The number of halogens is 5. The fourth-order valence-electron chi connectivity index (χ4n) is 2.73. The molecule has 0 bridgehead atoms. The highest BCUT2D eigenvalue weighted by Gasteiger charge is 2.30. The monoisotopic (exact) mass is 452 g/mol. The van der Waals surface area contributed by atoms with E-state index in [-0.39, 0.29) is 22.1 Å². The number of hydrogen-bond donors (Lipinski definition) is 0. The van der Waals surface area contributed by atoms with Crippen molar-refractivity contribution in [1.29, 1.82) is 0 Å². The summed E-state index contributed by atoms with van der Waals surface area (Å²) in [7, 11) is 0. The van der Waals surface area contributed by atoms with E-state index in [9.17, 15) is 26.7 Å². The summed E-state index contributed by atoms with van der Waals surface area (Å²) in [5, 5.41) is -0.205. The molecule has 0 saturated heterocycles. The van der Waals surface area contributed by atoms with Crippen LogP contribution in [0.1, 0.15) is 17.3 Å². The molecule has 0 unspecified atom stereocenters. The number of alkyl halides is 3. The minimum Gasteiger partial charge on any atom is -0.490 e. The van der Waals surface area contributed by atoms with Gasteiger partial charge in [0.25, 0.3) is 0 Å². The van der Waals surface area contributed by atoms with E-state index < -0.39 is 36.1 Å². The van der Waals surface area contributed by atoms with E-state index in [1.54, 1.807) is 12.1 Å². The molecule has 9 heteroatoms. The Hall–Kier alpha value is -3.62. The number of fused-ring (bicyclic) bond motifs is 1. The van der Waals surface area contributed by atoms with E-state index >= 15 is 0 Å². The summed E-state index contributed by atoms with van der Waals surface area (Å²) in [5.41, 5.74) is 0.219. The van der Waals surface area contributed by atoms with Crippen molar-refractivity contribution in [3.05, 3.63) is 77.9 Å². The lowest BCUT2D eigenvalue weighted by Crippen LogP contribution is -2.20. The lowest BCUT2D eigenvalue weighted by Gasteiger charge is -2.13. The molecule has 0 spiro atoms. The van der Waals surface area contributed by atoms with E-state index in [1.165, 1.54) is 24.3 Å². The summed E-state index contributed by atoms with van der Waals surface area (Å²) in [4.78, 5) is 12.3. The summed E-state index contributed by atoms with van der Waals surface area (Å²) < 4.78 is 80.4. The number of allylic oxidation sites excluding steroid dienone is 1. The molecule has 0 aliphatic carbocycles. The lowest BCUT2D eigenvalue weighted by atomic mass is 10.1. The van der Waals surface area contributed by atoms with Crippen LogP contribution in [0.15, 0.2) is 60.7 Å². The summed E-state index contributed by atoms with van der Waals surface area (Å²) in [5.74, 6) is -3.88. The normalized spacial score (nSPS) is 11.7. The Labute approximate surface area is 179 Å². The third kappa shape index (κ3) is 5.75. The standard InChI is InChI=1S/C23H17F5O4/c1-2-3-10-30-16-6-4-14(5-7-16)22(29)32-17-8-9-18-15(11-17)12-19(24)21(20(18)25)31-13-23(26,27)28/h2-9,11-12H,10,13H2,1H3. The van der Waals surface area contributed by atoms with Crippen LogP contribution < -0.4 is 14.2 Å². The largest absolute Gasteiger partial charge is 0.490 e. The molecular weight excluding hydrogens is 435 g/mol. The summed E-state index contributed by atoms with van der Waals surface area (Å²) in [6, 6.07) is 10.6. The fourth-order valence-corrected chi connectivity index (χ4v) is 2.73. The number of esters is 1. The second-order valence-electron chi connectivity index (χ2n) is 6.58. The average Bonchev–Trinajstić information content (AvgIpc) is 2.73. The summed E-state index contributed by atoms with van der Waals surface area (Å²) in [6.07, 6.45) is -1.09. The molecule has 32 heavy (non-hydrogen) atoms. The maximum Gasteiger partial charge on any atom is 0.422 e. The van der Waals surface area contributed by atoms with E-state index in [0.29, 0.717) is 12.4 Å². The van der Waals surface area contributed by atoms with Gasteiger partial charge >= 0.3 is 12.1 Å². The molecule has 0 aliphatic heterocycles. The first-order chi connectivity index (χ1) is 15.2. The van der Waals surface area contributed by atoms with Crippen LogP contribution in [-0.4, -0.2) is 25.4 Å². The number of benzene rings is 3. The zero-order valence-electron chi connectivity index (χ0n) is 16.7. The van der Waals surface area contributed by atoms with Crippen LogP contribution in [0.25, 0.3) is 10.8 Å². The van der Waals surface area contributed by atoms with Gasteiger partial charge in [0.05, 0.1) is 5.56 Å². The molecule has 0 saturated carbocycles. The zero-order valence-corrected chi connectivity index (χ0v) is 16.7. The van der Waals surface area contributed by atoms with E-state index in [2.05, 4.69) is 4.74 Å². The van der Waals surface area contributed by atoms with Crippen molar-refractivity contribution in [2.45, 2.75) is 13.1 Å². The van der Waals surface area contributed by atoms with Gasteiger partial charge in [-0.2, -0.15) is 13.2 Å². The average molecular weight is 452 g/mol. The Morgan fingerprint density at radius 2 is 1.66 bits per heavy atom. The third-order valence-corrected chi connectivity index (χ3v) is 4.22. The number of ether oxygens (including phenoxy) is 3. The molecule has 0 atom stereocenters. The Morgan fingerprint density at radius 1 is 0.969 bits per heavy atom. The quantitative estimate of drug-likeness (QED) is 0.184. The topological polar surface area (TPSA) is 44.8 Å². The number of rotatable bonds is 7. The van der Waals surface area contributed by atoms with Crippen LogP contribution in [0, 0.1) is 11.6 Å². The van der Waals surface area contributed by atoms with E-state index in [0.717, 1.165) is 12.1 Å². The predicted octanol–water partition coefficient (Wildman–Crippen LogP) is 6.23. The summed E-state index contributed by atoms with van der Waals surface area (Å²) >= 11 is 0. The predicted molar refractivity (Wildman–Crippen MR) is 107 cm³/mol. The van der Waals surface area contributed by atoms with Gasteiger partial charge in [-0.15, -0.1) is 0 Å². The molecule has 0 N–H and O–H groups in total. The number of carbonyl (C=O) groups excluding carboxylic acids is 1. The van der Waals surface area contributed by atoms with Gasteiger partial charge in [0.2, 0.25) is 0 Å². The first kappa shape index (κ1) is 23.1. The number of carbonyl (C=O) groups is 1. The van der Waals surface area contributed by atoms with Gasteiger partial charge < -0.3 is 14.2 Å². The van der Waals surface area contributed by atoms with Crippen LogP contribution >= 0.6 is 0 Å². The smallest absolute Gasteiger partial charge is 0.422 e. The zero-order chi connectivity index (χ0) is 23.3. The molecule has 0 amide bonds. The first-order valence-electron chi connectivity index (χ1n) is 9.35. The van der Waals surface area contributed by atoms with Crippen molar-refractivity contribution >= 4 is 16.7 Å². The second kappa shape index (κ2) is 9.67. The van der Waals surface area contributed by atoms with Crippen LogP contribution in [-0.2, 0) is 0 Å².